The maximum atomic E-state index is 13.4. The molecule has 1 atom stereocenters. The third kappa shape index (κ3) is 3.08. The van der Waals surface area contributed by atoms with E-state index in [9.17, 15) is 8.78 Å². The molecule has 0 spiro atoms. The number of hydrogen-bond acceptors (Lipinski definition) is 2. The van der Waals surface area contributed by atoms with Gasteiger partial charge < -0.3 is 5.32 Å². The fraction of sp³-hybridized carbons (Fsp3) is 0.133. The first-order valence-corrected chi connectivity index (χ1v) is 5.85. The summed E-state index contributed by atoms with van der Waals surface area (Å²) in [6.45, 7) is 0.151. The molecule has 0 radical (unpaired) electrons. The molecule has 4 heteroatoms. The molecule has 0 saturated heterocycles. The van der Waals surface area contributed by atoms with Gasteiger partial charge >= 0.3 is 0 Å². The summed E-state index contributed by atoms with van der Waals surface area (Å²) in [7, 11) is 0. The molecule has 0 aromatic heterocycles. The van der Waals surface area contributed by atoms with E-state index in [0.717, 1.165) is 5.56 Å². The second-order valence-electron chi connectivity index (χ2n) is 4.07. The molecule has 0 amide bonds. The van der Waals surface area contributed by atoms with Gasteiger partial charge in [-0.1, -0.05) is 36.4 Å². The van der Waals surface area contributed by atoms with Gasteiger partial charge in [-0.2, -0.15) is 5.26 Å². The Balaban J connectivity index is 2.12. The zero-order chi connectivity index (χ0) is 13.7. The quantitative estimate of drug-likeness (QED) is 0.908. The number of nitrogens with one attached hydrogen (secondary N) is 1. The van der Waals surface area contributed by atoms with Crippen LogP contribution < -0.4 is 5.32 Å². The maximum Gasteiger partial charge on any atom is 0.149 e. The van der Waals surface area contributed by atoms with Crippen LogP contribution in [-0.2, 0) is 0 Å². The smallest absolute Gasteiger partial charge is 0.149 e. The van der Waals surface area contributed by atoms with Gasteiger partial charge in [-0.3, -0.25) is 0 Å². The van der Waals surface area contributed by atoms with Crippen LogP contribution in [0.2, 0.25) is 0 Å². The SMILES string of the molecule is N#CC(CNc1c(F)cccc1F)c1ccccc1. The largest absolute Gasteiger partial charge is 0.379 e. The summed E-state index contributed by atoms with van der Waals surface area (Å²) >= 11 is 0. The minimum Gasteiger partial charge on any atom is -0.379 e. The highest BCUT2D eigenvalue weighted by Crippen LogP contribution is 2.20. The van der Waals surface area contributed by atoms with Crippen molar-refractivity contribution in [3.63, 3.8) is 0 Å². The predicted molar refractivity (Wildman–Crippen MR) is 69.6 cm³/mol. The first-order chi connectivity index (χ1) is 9.22. The Morgan fingerprint density at radius 3 is 2.21 bits per heavy atom. The molecule has 0 fully saturated rings. The minimum atomic E-state index is -0.662. The molecule has 0 aliphatic carbocycles. The van der Waals surface area contributed by atoms with Crippen LogP contribution in [0, 0.1) is 23.0 Å². The maximum absolute atomic E-state index is 13.4. The number of nitriles is 1. The Morgan fingerprint density at radius 1 is 1.00 bits per heavy atom. The van der Waals surface area contributed by atoms with Crippen LogP contribution in [0.3, 0.4) is 0 Å². The van der Waals surface area contributed by atoms with Gasteiger partial charge in [0.1, 0.15) is 17.3 Å². The molecule has 1 N–H and O–H groups in total. The lowest BCUT2D eigenvalue weighted by atomic mass is 10.0. The van der Waals surface area contributed by atoms with E-state index in [1.54, 1.807) is 0 Å². The number of rotatable bonds is 4. The molecule has 19 heavy (non-hydrogen) atoms. The van der Waals surface area contributed by atoms with Gasteiger partial charge in [0, 0.05) is 6.54 Å². The van der Waals surface area contributed by atoms with Gasteiger partial charge in [0.2, 0.25) is 0 Å². The molecular weight excluding hydrogens is 246 g/mol. The summed E-state index contributed by atoms with van der Waals surface area (Å²) < 4.78 is 26.8. The summed E-state index contributed by atoms with van der Waals surface area (Å²) in [6, 6.07) is 14.9. The van der Waals surface area contributed by atoms with Crippen LogP contribution in [0.1, 0.15) is 11.5 Å². The predicted octanol–water partition coefficient (Wildman–Crippen LogP) is 3.68. The van der Waals surface area contributed by atoms with Crippen molar-refractivity contribution in [2.24, 2.45) is 0 Å². The zero-order valence-corrected chi connectivity index (χ0v) is 10.1. The number of hydrogen-bond donors (Lipinski definition) is 1. The number of para-hydroxylation sites is 1. The molecule has 0 saturated carbocycles. The molecule has 1 unspecified atom stereocenters. The van der Waals surface area contributed by atoms with Gasteiger partial charge in [0.25, 0.3) is 0 Å². The van der Waals surface area contributed by atoms with Crippen LogP contribution in [0.15, 0.2) is 48.5 Å². The summed E-state index contributed by atoms with van der Waals surface area (Å²) in [4.78, 5) is 0. The van der Waals surface area contributed by atoms with Crippen molar-refractivity contribution in [2.75, 3.05) is 11.9 Å². The summed E-state index contributed by atoms with van der Waals surface area (Å²) in [6.07, 6.45) is 0. The molecule has 2 aromatic rings. The minimum absolute atomic E-state index is 0.151. The molecule has 0 aliphatic heterocycles. The number of nitrogens with zero attached hydrogens (tertiary/aromatic N) is 1. The van der Waals surface area contributed by atoms with Crippen molar-refractivity contribution in [1.29, 1.82) is 5.26 Å². The fourth-order valence-electron chi connectivity index (χ4n) is 1.79. The van der Waals surface area contributed by atoms with Gasteiger partial charge in [-0.25, -0.2) is 8.78 Å². The van der Waals surface area contributed by atoms with Gasteiger partial charge in [-0.15, -0.1) is 0 Å². The van der Waals surface area contributed by atoms with Crippen molar-refractivity contribution >= 4 is 5.69 Å². The van der Waals surface area contributed by atoms with E-state index >= 15 is 0 Å². The van der Waals surface area contributed by atoms with E-state index in [1.165, 1.54) is 18.2 Å². The lowest BCUT2D eigenvalue weighted by molar-refractivity contribution is 0.587. The van der Waals surface area contributed by atoms with E-state index in [2.05, 4.69) is 11.4 Å². The number of benzene rings is 2. The first-order valence-electron chi connectivity index (χ1n) is 5.85. The standard InChI is InChI=1S/C15H12F2N2/c16-13-7-4-8-14(17)15(13)19-10-12(9-18)11-5-2-1-3-6-11/h1-8,12,19H,10H2. The van der Waals surface area contributed by atoms with Crippen LogP contribution >= 0.6 is 0 Å². The fourth-order valence-corrected chi connectivity index (χ4v) is 1.79. The molecule has 2 rings (SSSR count). The van der Waals surface area contributed by atoms with Crippen molar-refractivity contribution in [1.82, 2.24) is 0 Å². The Labute approximate surface area is 110 Å². The molecule has 0 aliphatic rings. The highest BCUT2D eigenvalue weighted by atomic mass is 19.1. The molecule has 96 valence electrons. The zero-order valence-electron chi connectivity index (χ0n) is 10.1. The normalized spacial score (nSPS) is 11.6. The second-order valence-corrected chi connectivity index (χ2v) is 4.07. The first kappa shape index (κ1) is 13.0. The van der Waals surface area contributed by atoms with Crippen molar-refractivity contribution < 1.29 is 8.78 Å². The number of anilines is 1. The Hall–Kier alpha value is -2.41. The van der Waals surface area contributed by atoms with Crippen molar-refractivity contribution in [3.05, 3.63) is 65.7 Å². The van der Waals surface area contributed by atoms with Crippen molar-refractivity contribution in [2.45, 2.75) is 5.92 Å². The monoisotopic (exact) mass is 258 g/mol. The van der Waals surface area contributed by atoms with E-state index in [4.69, 9.17) is 5.26 Å². The molecule has 2 nitrogen and oxygen atoms in total. The molecular formula is C15H12F2N2. The van der Waals surface area contributed by atoms with Gasteiger partial charge in [0.05, 0.1) is 12.0 Å². The third-order valence-electron chi connectivity index (χ3n) is 2.80. The Kier molecular flexibility index (Phi) is 4.09. The Bertz CT molecular complexity index is 571. The van der Waals surface area contributed by atoms with Crippen LogP contribution in [0.25, 0.3) is 0 Å². The van der Waals surface area contributed by atoms with Crippen LogP contribution in [0.5, 0.6) is 0 Å². The average Bonchev–Trinajstić information content (AvgIpc) is 2.43. The van der Waals surface area contributed by atoms with Crippen molar-refractivity contribution in [3.8, 4) is 6.07 Å². The van der Waals surface area contributed by atoms with Gasteiger partial charge in [-0.05, 0) is 17.7 Å². The highest BCUT2D eigenvalue weighted by molar-refractivity contribution is 5.47. The number of halogens is 2. The average molecular weight is 258 g/mol. The van der Waals surface area contributed by atoms with E-state index in [-0.39, 0.29) is 12.2 Å². The van der Waals surface area contributed by atoms with Gasteiger partial charge in [0.15, 0.2) is 0 Å². The van der Waals surface area contributed by atoms with E-state index in [0.29, 0.717) is 0 Å². The lowest BCUT2D eigenvalue weighted by Gasteiger charge is -2.13. The second kappa shape index (κ2) is 5.96. The van der Waals surface area contributed by atoms with E-state index in [1.807, 2.05) is 30.3 Å². The lowest BCUT2D eigenvalue weighted by Crippen LogP contribution is -2.13. The van der Waals surface area contributed by atoms with Crippen LogP contribution in [0.4, 0.5) is 14.5 Å². The molecule has 0 bridgehead atoms. The Morgan fingerprint density at radius 2 is 1.63 bits per heavy atom. The topological polar surface area (TPSA) is 35.8 Å². The molecule has 2 aromatic carbocycles. The molecule has 0 heterocycles. The summed E-state index contributed by atoms with van der Waals surface area (Å²) in [5, 5.41) is 11.8. The third-order valence-corrected chi connectivity index (χ3v) is 2.80. The highest BCUT2D eigenvalue weighted by Gasteiger charge is 2.13. The summed E-state index contributed by atoms with van der Waals surface area (Å²) in [5.41, 5.74) is 0.618. The summed E-state index contributed by atoms with van der Waals surface area (Å²) in [5.74, 6) is -1.78. The van der Waals surface area contributed by atoms with E-state index < -0.39 is 17.6 Å². The van der Waals surface area contributed by atoms with Crippen LogP contribution in [-0.4, -0.2) is 6.54 Å².